The summed E-state index contributed by atoms with van der Waals surface area (Å²) in [6, 6.07) is 17.2. The van der Waals surface area contributed by atoms with Gasteiger partial charge in [-0.25, -0.2) is 9.98 Å². The van der Waals surface area contributed by atoms with Crippen LogP contribution in [-0.2, 0) is 12.8 Å². The van der Waals surface area contributed by atoms with Gasteiger partial charge in [0, 0.05) is 25.7 Å². The van der Waals surface area contributed by atoms with Gasteiger partial charge in [-0.3, -0.25) is 4.90 Å². The summed E-state index contributed by atoms with van der Waals surface area (Å²) in [5.74, 6) is 1.91. The summed E-state index contributed by atoms with van der Waals surface area (Å²) >= 11 is 1.74. The Labute approximate surface area is 199 Å². The van der Waals surface area contributed by atoms with Crippen molar-refractivity contribution in [3.8, 4) is 5.75 Å². The van der Waals surface area contributed by atoms with E-state index in [1.165, 1.54) is 5.56 Å². The fourth-order valence-electron chi connectivity index (χ4n) is 4.51. The highest BCUT2D eigenvalue weighted by Crippen LogP contribution is 2.38. The summed E-state index contributed by atoms with van der Waals surface area (Å²) in [5, 5.41) is 5.84. The molecule has 2 aromatic carbocycles. The van der Waals surface area contributed by atoms with Crippen molar-refractivity contribution in [2.24, 2.45) is 4.99 Å². The zero-order valence-corrected chi connectivity index (χ0v) is 20.4. The third-order valence-corrected chi connectivity index (χ3v) is 7.68. The number of anilines is 2. The van der Waals surface area contributed by atoms with Crippen LogP contribution in [0.5, 0.6) is 5.75 Å². The van der Waals surface area contributed by atoms with E-state index in [2.05, 4.69) is 59.4 Å². The number of hydrogen-bond acceptors (Lipinski definition) is 7. The van der Waals surface area contributed by atoms with Gasteiger partial charge in [-0.15, -0.1) is 11.3 Å². The van der Waals surface area contributed by atoms with Crippen LogP contribution in [0.15, 0.2) is 53.5 Å². The molecule has 1 saturated heterocycles. The zero-order valence-electron chi connectivity index (χ0n) is 19.5. The lowest BCUT2D eigenvalue weighted by atomic mass is 10.0. The van der Waals surface area contributed by atoms with Gasteiger partial charge in [-0.1, -0.05) is 31.2 Å². The van der Waals surface area contributed by atoms with Crippen molar-refractivity contribution in [1.82, 2.24) is 14.8 Å². The van der Waals surface area contributed by atoms with Gasteiger partial charge in [-0.05, 0) is 56.1 Å². The quantitative estimate of drug-likeness (QED) is 0.573. The molecule has 6 nitrogen and oxygen atoms in total. The fourth-order valence-corrected chi connectivity index (χ4v) is 5.43. The Balaban J connectivity index is 1.39. The maximum Gasteiger partial charge on any atom is 0.158 e. The molecule has 0 radical (unpaired) electrons. The van der Waals surface area contributed by atoms with Gasteiger partial charge in [0.2, 0.25) is 0 Å². The van der Waals surface area contributed by atoms with Gasteiger partial charge in [0.25, 0.3) is 0 Å². The average Bonchev–Trinajstić information content (AvgIpc) is 3.19. The van der Waals surface area contributed by atoms with Gasteiger partial charge in [0.15, 0.2) is 5.84 Å². The maximum atomic E-state index is 5.30. The van der Waals surface area contributed by atoms with Gasteiger partial charge in [0.05, 0.1) is 23.5 Å². The number of nitrogens with zero attached hydrogens (tertiary/aromatic N) is 4. The Morgan fingerprint density at radius 2 is 1.94 bits per heavy atom. The molecule has 33 heavy (non-hydrogen) atoms. The van der Waals surface area contributed by atoms with Crippen molar-refractivity contribution >= 4 is 33.5 Å². The molecule has 0 bridgehead atoms. The van der Waals surface area contributed by atoms with Crippen LogP contribution in [0.4, 0.5) is 16.4 Å². The molecule has 2 aliphatic heterocycles. The van der Waals surface area contributed by atoms with Crippen LogP contribution in [0.1, 0.15) is 29.6 Å². The number of rotatable bonds is 5. The number of likely N-dealkylation sites (N-methyl/N-ethyl adjacent to an activating group) is 1. The molecule has 5 rings (SSSR count). The topological polar surface area (TPSA) is 53.0 Å². The second kappa shape index (κ2) is 9.53. The predicted molar refractivity (Wildman–Crippen MR) is 137 cm³/mol. The first kappa shape index (κ1) is 21.9. The Hall–Kier alpha value is -2.90. The molecule has 3 heterocycles. The van der Waals surface area contributed by atoms with Crippen molar-refractivity contribution < 1.29 is 4.74 Å². The SMILES string of the molecule is CCc1nc2c(s1)Nc1ccccc1N=C2N1CCN(C)[C@@H](CCc2ccc(OC)cc2)C1. The van der Waals surface area contributed by atoms with Crippen LogP contribution in [0.2, 0.25) is 0 Å². The summed E-state index contributed by atoms with van der Waals surface area (Å²) in [4.78, 5) is 15.1. The minimum absolute atomic E-state index is 0.461. The summed E-state index contributed by atoms with van der Waals surface area (Å²) in [6.45, 7) is 5.08. The lowest BCUT2D eigenvalue weighted by Crippen LogP contribution is -2.53. The molecule has 0 amide bonds. The van der Waals surface area contributed by atoms with E-state index in [9.17, 15) is 0 Å². The number of aromatic nitrogens is 1. The van der Waals surface area contributed by atoms with Crippen LogP contribution in [0.25, 0.3) is 0 Å². The number of aliphatic imine (C=N–C) groups is 1. The predicted octanol–water partition coefficient (Wildman–Crippen LogP) is 5.10. The molecule has 1 N–H and O–H groups in total. The Kier molecular flexibility index (Phi) is 6.33. The molecule has 1 aromatic heterocycles. The van der Waals surface area contributed by atoms with E-state index in [0.29, 0.717) is 6.04 Å². The molecule has 7 heteroatoms. The number of hydrogen-bond donors (Lipinski definition) is 1. The number of thiazole rings is 1. The molecular formula is C26H31N5OS. The van der Waals surface area contributed by atoms with Crippen LogP contribution in [0.3, 0.4) is 0 Å². The highest BCUT2D eigenvalue weighted by molar-refractivity contribution is 7.16. The molecule has 0 saturated carbocycles. The van der Waals surface area contributed by atoms with Gasteiger partial charge >= 0.3 is 0 Å². The number of nitrogens with one attached hydrogen (secondary N) is 1. The zero-order chi connectivity index (χ0) is 22.8. The van der Waals surface area contributed by atoms with E-state index in [1.807, 2.05) is 18.2 Å². The summed E-state index contributed by atoms with van der Waals surface area (Å²) in [5.41, 5.74) is 4.36. The Bertz CT molecular complexity index is 1140. The van der Waals surface area contributed by atoms with E-state index >= 15 is 0 Å². The molecule has 0 aliphatic carbocycles. The van der Waals surface area contributed by atoms with E-state index in [-0.39, 0.29) is 0 Å². The number of ether oxygens (including phenoxy) is 1. The van der Waals surface area contributed by atoms with Gasteiger partial charge < -0.3 is 15.0 Å². The molecule has 0 spiro atoms. The Morgan fingerprint density at radius 3 is 2.73 bits per heavy atom. The molecule has 0 unspecified atom stereocenters. The molecule has 2 aliphatic rings. The van der Waals surface area contributed by atoms with Crippen LogP contribution in [0, 0.1) is 0 Å². The smallest absolute Gasteiger partial charge is 0.158 e. The molecular weight excluding hydrogens is 430 g/mol. The Morgan fingerprint density at radius 1 is 1.12 bits per heavy atom. The number of aryl methyl sites for hydroxylation is 2. The normalized spacial score (nSPS) is 18.1. The highest BCUT2D eigenvalue weighted by Gasteiger charge is 2.31. The fraction of sp³-hybridized carbons (Fsp3) is 0.385. The number of para-hydroxylation sites is 2. The van der Waals surface area contributed by atoms with E-state index in [1.54, 1.807) is 18.4 Å². The molecule has 3 aromatic rings. The second-order valence-corrected chi connectivity index (χ2v) is 9.77. The minimum Gasteiger partial charge on any atom is -0.497 e. The number of methoxy groups -OCH3 is 1. The lowest BCUT2D eigenvalue weighted by Gasteiger charge is -2.40. The second-order valence-electron chi connectivity index (χ2n) is 8.68. The first-order valence-corrected chi connectivity index (χ1v) is 12.5. The molecule has 1 fully saturated rings. The third-order valence-electron chi connectivity index (χ3n) is 6.57. The summed E-state index contributed by atoms with van der Waals surface area (Å²) in [6.07, 6.45) is 3.08. The molecule has 1 atom stereocenters. The van der Waals surface area contributed by atoms with Crippen LogP contribution < -0.4 is 10.1 Å². The first-order valence-electron chi connectivity index (χ1n) is 11.7. The maximum absolute atomic E-state index is 5.30. The number of piperazine rings is 1. The monoisotopic (exact) mass is 461 g/mol. The minimum atomic E-state index is 0.461. The summed E-state index contributed by atoms with van der Waals surface area (Å²) < 4.78 is 5.30. The van der Waals surface area contributed by atoms with Crippen LogP contribution >= 0.6 is 11.3 Å². The van der Waals surface area contributed by atoms with Gasteiger partial charge in [-0.2, -0.15) is 0 Å². The molecule has 172 valence electrons. The summed E-state index contributed by atoms with van der Waals surface area (Å²) in [7, 11) is 3.95. The highest BCUT2D eigenvalue weighted by atomic mass is 32.1. The van der Waals surface area contributed by atoms with Gasteiger partial charge in [0.1, 0.15) is 16.4 Å². The standard InChI is InChI=1S/C26H31N5OS/c1-4-23-29-24-25(27-21-7-5-6-8-22(21)28-26(24)33-23)31-16-15-30(2)19(17-31)12-9-18-10-13-20(32-3)14-11-18/h5-8,10-11,13-14,19,28H,4,9,12,15-17H2,1-3H3/t19-/m0/s1. The van der Waals surface area contributed by atoms with Crippen molar-refractivity contribution in [2.75, 3.05) is 39.1 Å². The third kappa shape index (κ3) is 4.61. The lowest BCUT2D eigenvalue weighted by molar-refractivity contribution is 0.134. The number of benzene rings is 2. The van der Waals surface area contributed by atoms with Crippen molar-refractivity contribution in [3.63, 3.8) is 0 Å². The number of amidine groups is 1. The van der Waals surface area contributed by atoms with E-state index in [0.717, 1.165) is 77.6 Å². The van der Waals surface area contributed by atoms with E-state index < -0.39 is 0 Å². The first-order chi connectivity index (χ1) is 16.1. The van der Waals surface area contributed by atoms with Crippen molar-refractivity contribution in [3.05, 3.63) is 64.8 Å². The van der Waals surface area contributed by atoms with Crippen LogP contribution in [-0.4, -0.2) is 60.5 Å². The van der Waals surface area contributed by atoms with Crippen molar-refractivity contribution in [2.45, 2.75) is 32.2 Å². The number of fused-ring (bicyclic) bond motifs is 2. The average molecular weight is 462 g/mol. The largest absolute Gasteiger partial charge is 0.497 e. The van der Waals surface area contributed by atoms with Crippen molar-refractivity contribution in [1.29, 1.82) is 0 Å². The van der Waals surface area contributed by atoms with E-state index in [4.69, 9.17) is 14.7 Å².